The topological polar surface area (TPSA) is 12.9 Å². The summed E-state index contributed by atoms with van der Waals surface area (Å²) in [5.41, 5.74) is 2.75. The van der Waals surface area contributed by atoms with E-state index in [2.05, 4.69) is 10.5 Å². The standard InChI is InChI=1S/C9H4F2NS/c10-6-2-1-3-7(11)9(6)8-4-13-5-12-8/h1-4H. The molecule has 1 nitrogen and oxygen atoms in total. The number of halogens is 2. The average molecular weight is 196 g/mol. The van der Waals surface area contributed by atoms with Gasteiger partial charge in [-0.25, -0.2) is 13.8 Å². The molecule has 0 spiro atoms. The smallest absolute Gasteiger partial charge is 0.152 e. The highest BCUT2D eigenvalue weighted by Gasteiger charge is 2.11. The average Bonchev–Trinajstić information content (AvgIpc) is 2.57. The van der Waals surface area contributed by atoms with Crippen LogP contribution in [0.25, 0.3) is 11.3 Å². The minimum absolute atomic E-state index is 0.0833. The second-order valence-corrected chi connectivity index (χ2v) is 3.07. The summed E-state index contributed by atoms with van der Waals surface area (Å²) in [6.07, 6.45) is 0. The van der Waals surface area contributed by atoms with Gasteiger partial charge in [0.25, 0.3) is 0 Å². The molecule has 0 amide bonds. The fourth-order valence-electron chi connectivity index (χ4n) is 1.04. The van der Waals surface area contributed by atoms with Crippen LogP contribution in [0.3, 0.4) is 0 Å². The molecule has 0 saturated carbocycles. The Morgan fingerprint density at radius 2 is 1.92 bits per heavy atom. The molecule has 0 fully saturated rings. The minimum Gasteiger partial charge on any atom is -0.233 e. The second-order valence-electron chi connectivity index (χ2n) is 2.42. The van der Waals surface area contributed by atoms with Gasteiger partial charge in [0.1, 0.15) is 11.6 Å². The van der Waals surface area contributed by atoms with Crippen LogP contribution >= 0.6 is 11.3 Å². The van der Waals surface area contributed by atoms with Gasteiger partial charge in [0.15, 0.2) is 5.51 Å². The van der Waals surface area contributed by atoms with E-state index >= 15 is 0 Å². The van der Waals surface area contributed by atoms with Gasteiger partial charge in [0.2, 0.25) is 0 Å². The fourth-order valence-corrected chi connectivity index (χ4v) is 1.53. The van der Waals surface area contributed by atoms with E-state index in [1.807, 2.05) is 0 Å². The van der Waals surface area contributed by atoms with Crippen LogP contribution in [0.2, 0.25) is 0 Å². The number of aromatic nitrogens is 1. The third-order valence-electron chi connectivity index (χ3n) is 1.61. The number of thiazole rings is 1. The van der Waals surface area contributed by atoms with Crippen molar-refractivity contribution in [2.45, 2.75) is 0 Å². The van der Waals surface area contributed by atoms with Crippen molar-refractivity contribution in [3.05, 3.63) is 40.7 Å². The molecule has 0 saturated heterocycles. The van der Waals surface area contributed by atoms with Gasteiger partial charge in [0.05, 0.1) is 11.3 Å². The first-order valence-electron chi connectivity index (χ1n) is 3.55. The highest BCUT2D eigenvalue weighted by atomic mass is 32.1. The van der Waals surface area contributed by atoms with Crippen molar-refractivity contribution in [2.75, 3.05) is 0 Å². The number of benzene rings is 1. The lowest BCUT2D eigenvalue weighted by Gasteiger charge is -1.99. The van der Waals surface area contributed by atoms with Crippen molar-refractivity contribution in [1.29, 1.82) is 0 Å². The molecule has 0 aliphatic heterocycles. The Bertz CT molecular complexity index is 391. The number of nitrogens with zero attached hydrogens (tertiary/aromatic N) is 1. The summed E-state index contributed by atoms with van der Waals surface area (Å²) in [5, 5.41) is 1.56. The van der Waals surface area contributed by atoms with Crippen molar-refractivity contribution >= 4 is 11.3 Å². The van der Waals surface area contributed by atoms with E-state index in [0.717, 1.165) is 0 Å². The molecule has 2 aromatic rings. The molecule has 0 unspecified atom stereocenters. The van der Waals surface area contributed by atoms with Crippen molar-refractivity contribution < 1.29 is 8.78 Å². The summed E-state index contributed by atoms with van der Waals surface area (Å²) in [4.78, 5) is 3.72. The van der Waals surface area contributed by atoms with Crippen molar-refractivity contribution in [3.8, 4) is 11.3 Å². The Kier molecular flexibility index (Phi) is 2.06. The Labute approximate surface area is 77.7 Å². The Morgan fingerprint density at radius 3 is 2.46 bits per heavy atom. The van der Waals surface area contributed by atoms with Gasteiger partial charge in [-0.15, -0.1) is 11.3 Å². The van der Waals surface area contributed by atoms with Crippen molar-refractivity contribution in [2.24, 2.45) is 0 Å². The first-order chi connectivity index (χ1) is 6.29. The fraction of sp³-hybridized carbons (Fsp3) is 0. The van der Waals surface area contributed by atoms with E-state index in [0.29, 0.717) is 5.69 Å². The predicted molar refractivity (Wildman–Crippen MR) is 46.3 cm³/mol. The zero-order valence-electron chi connectivity index (χ0n) is 6.42. The lowest BCUT2D eigenvalue weighted by Crippen LogP contribution is -1.88. The maximum Gasteiger partial charge on any atom is 0.152 e. The zero-order chi connectivity index (χ0) is 9.26. The zero-order valence-corrected chi connectivity index (χ0v) is 7.24. The summed E-state index contributed by atoms with van der Waals surface area (Å²) in [6.45, 7) is 0. The molecule has 0 aliphatic rings. The number of rotatable bonds is 1. The van der Waals surface area contributed by atoms with E-state index < -0.39 is 11.6 Å². The van der Waals surface area contributed by atoms with Gasteiger partial charge >= 0.3 is 0 Å². The molecule has 1 aromatic carbocycles. The van der Waals surface area contributed by atoms with Crippen LogP contribution in [-0.2, 0) is 0 Å². The molecule has 1 aromatic heterocycles. The highest BCUT2D eigenvalue weighted by molar-refractivity contribution is 7.07. The first kappa shape index (κ1) is 8.31. The quantitative estimate of drug-likeness (QED) is 0.683. The summed E-state index contributed by atoms with van der Waals surface area (Å²) in [7, 11) is 0. The monoisotopic (exact) mass is 196 g/mol. The van der Waals surface area contributed by atoms with Crippen LogP contribution < -0.4 is 0 Å². The molecule has 0 aliphatic carbocycles. The molecule has 4 heteroatoms. The van der Waals surface area contributed by atoms with E-state index in [-0.39, 0.29) is 5.56 Å². The van der Waals surface area contributed by atoms with Crippen molar-refractivity contribution in [3.63, 3.8) is 0 Å². The minimum atomic E-state index is -0.598. The van der Waals surface area contributed by atoms with Crippen LogP contribution in [0.1, 0.15) is 0 Å². The third-order valence-corrected chi connectivity index (χ3v) is 2.15. The Balaban J connectivity index is 2.64. The summed E-state index contributed by atoms with van der Waals surface area (Å²) in [5.74, 6) is -1.20. The lowest BCUT2D eigenvalue weighted by molar-refractivity contribution is 0.589. The van der Waals surface area contributed by atoms with Gasteiger partial charge in [-0.05, 0) is 12.1 Å². The van der Waals surface area contributed by atoms with Gasteiger partial charge in [-0.1, -0.05) is 6.07 Å². The van der Waals surface area contributed by atoms with Crippen LogP contribution in [-0.4, -0.2) is 4.98 Å². The molecular weight excluding hydrogens is 192 g/mol. The second kappa shape index (κ2) is 3.22. The number of hydrogen-bond donors (Lipinski definition) is 0. The molecule has 1 radical (unpaired) electrons. The normalized spacial score (nSPS) is 10.3. The largest absolute Gasteiger partial charge is 0.233 e. The third kappa shape index (κ3) is 1.45. The molecule has 0 N–H and O–H groups in total. The summed E-state index contributed by atoms with van der Waals surface area (Å²) >= 11 is 1.18. The van der Waals surface area contributed by atoms with E-state index in [1.54, 1.807) is 5.38 Å². The summed E-state index contributed by atoms with van der Waals surface area (Å²) in [6, 6.07) is 3.74. The van der Waals surface area contributed by atoms with Gasteiger partial charge in [0, 0.05) is 5.38 Å². The first-order valence-corrected chi connectivity index (χ1v) is 4.43. The van der Waals surface area contributed by atoms with Gasteiger partial charge in [-0.2, -0.15) is 0 Å². The van der Waals surface area contributed by atoms with Crippen LogP contribution in [0.5, 0.6) is 0 Å². The lowest BCUT2D eigenvalue weighted by atomic mass is 10.1. The van der Waals surface area contributed by atoms with E-state index in [4.69, 9.17) is 0 Å². The Morgan fingerprint density at radius 1 is 1.23 bits per heavy atom. The molecule has 0 bridgehead atoms. The molecule has 1 heterocycles. The van der Waals surface area contributed by atoms with Gasteiger partial charge in [-0.3, -0.25) is 0 Å². The number of hydrogen-bond acceptors (Lipinski definition) is 2. The molecule has 0 atom stereocenters. The van der Waals surface area contributed by atoms with Crippen LogP contribution in [0.15, 0.2) is 23.6 Å². The maximum absolute atomic E-state index is 13.1. The van der Waals surface area contributed by atoms with Gasteiger partial charge < -0.3 is 0 Å². The van der Waals surface area contributed by atoms with Crippen molar-refractivity contribution in [1.82, 2.24) is 4.98 Å². The van der Waals surface area contributed by atoms with E-state index in [1.165, 1.54) is 29.5 Å². The molecule has 65 valence electrons. The molecule has 13 heavy (non-hydrogen) atoms. The maximum atomic E-state index is 13.1. The molecular formula is C9H4F2NS. The predicted octanol–water partition coefficient (Wildman–Crippen LogP) is 2.89. The molecule has 2 rings (SSSR count). The summed E-state index contributed by atoms with van der Waals surface area (Å²) < 4.78 is 26.2. The highest BCUT2D eigenvalue weighted by Crippen LogP contribution is 2.24. The Hall–Kier alpha value is -1.29. The SMILES string of the molecule is Fc1cccc(F)c1-c1cs[c]n1. The van der Waals surface area contributed by atoms with Crippen LogP contribution in [0.4, 0.5) is 8.78 Å². The van der Waals surface area contributed by atoms with Crippen LogP contribution in [0, 0.1) is 17.1 Å². The van der Waals surface area contributed by atoms with E-state index in [9.17, 15) is 8.78 Å².